The number of phenolic OH excluding ortho intramolecular Hbond substituents is 1. The highest BCUT2D eigenvalue weighted by Gasteiger charge is 2.44. The van der Waals surface area contributed by atoms with Crippen LogP contribution in [0.3, 0.4) is 0 Å². The van der Waals surface area contributed by atoms with Crippen molar-refractivity contribution < 1.29 is 66.7 Å². The van der Waals surface area contributed by atoms with Crippen LogP contribution < -0.4 is 37.5 Å². The fourth-order valence-corrected chi connectivity index (χ4v) is 14.2. The summed E-state index contributed by atoms with van der Waals surface area (Å²) in [5, 5.41) is 47.2. The molecule has 5 aromatic carbocycles. The first-order valence-electron chi connectivity index (χ1n) is 25.7. The Morgan fingerprint density at radius 3 is 1.93 bits per heavy atom. The lowest BCUT2D eigenvalue weighted by Crippen LogP contribution is -2.37. The Hall–Kier alpha value is -8.51. The van der Waals surface area contributed by atoms with E-state index in [2.05, 4.69) is 101 Å². The van der Waals surface area contributed by atoms with Crippen LogP contribution in [0.15, 0.2) is 172 Å². The summed E-state index contributed by atoms with van der Waals surface area (Å²) in [4.78, 5) is 77.0. The average molecular weight is 1110 g/mol. The van der Waals surface area contributed by atoms with Crippen LogP contribution in [0.25, 0.3) is 33.4 Å². The Kier molecular flexibility index (Phi) is 18.7. The van der Waals surface area contributed by atoms with Crippen molar-refractivity contribution in [3.63, 3.8) is 0 Å². The summed E-state index contributed by atoms with van der Waals surface area (Å²) in [6, 6.07) is 46.8. The van der Waals surface area contributed by atoms with Gasteiger partial charge in [-0.15, -0.1) is 0 Å². The van der Waals surface area contributed by atoms with Crippen LogP contribution in [-0.4, -0.2) is 79.8 Å². The standard InChI is InChI=1S/C58H54N3O11P.C2HF3O2/c62-39-25-28-45-49(34-39)71-50-35-40(63)26-29-46(50)55(45)44-27-24-38(33-47(44)57(67)68)56(66)59-52-30-31-61(58(69)60-52)53-36-48(64)51(72-53)37-70-54(65)23-15-4-2-1-3-5-16-32-73(41-17-9-6-10-18-41,42-19-11-7-12-20-42)43-21-13-8-14-22-43;3-2(4,5)1(6)7/h6-14,17-22,24-31,33-35,48,51,53,64H,1-5,15-16,23,32,36-37H2,(H2-,59,60,62,63,66,67,68,69);(H,6,7)/t48-,51+,53+;/m0./s1. The maximum atomic E-state index is 13.5. The van der Waals surface area contributed by atoms with Gasteiger partial charge in [-0.05, 0) is 104 Å². The van der Waals surface area contributed by atoms with E-state index in [1.807, 2.05) is 0 Å². The number of aromatic nitrogens is 2. The van der Waals surface area contributed by atoms with Gasteiger partial charge in [0.1, 0.15) is 71.0 Å². The van der Waals surface area contributed by atoms with Gasteiger partial charge in [-0.1, -0.05) is 86.3 Å². The molecule has 1 saturated heterocycles. The Bertz CT molecular complexity index is 3470. The number of hydrogen-bond acceptors (Lipinski definition) is 13. The summed E-state index contributed by atoms with van der Waals surface area (Å²) in [7, 11) is -1.84. The maximum Gasteiger partial charge on any atom is 0.430 e. The molecule has 1 amide bonds. The van der Waals surface area contributed by atoms with E-state index < -0.39 is 55.4 Å². The highest BCUT2D eigenvalue weighted by Crippen LogP contribution is 2.56. The molecule has 0 saturated carbocycles. The third-order valence-corrected chi connectivity index (χ3v) is 18.2. The molecule has 9 rings (SSSR count). The lowest BCUT2D eigenvalue weighted by molar-refractivity contribution is -0.344. The molecule has 0 radical (unpaired) electrons. The van der Waals surface area contributed by atoms with Gasteiger partial charge < -0.3 is 44.4 Å². The molecule has 20 heteroatoms. The fraction of sp³-hybridized carbons (Fsp3) is 0.250. The number of alkyl halides is 3. The van der Waals surface area contributed by atoms with Crippen molar-refractivity contribution in [1.82, 2.24) is 9.55 Å². The van der Waals surface area contributed by atoms with Crippen LogP contribution in [-0.2, 0) is 19.1 Å². The van der Waals surface area contributed by atoms with Crippen molar-refractivity contribution in [1.29, 1.82) is 0 Å². The van der Waals surface area contributed by atoms with Gasteiger partial charge in [0.2, 0.25) is 0 Å². The summed E-state index contributed by atoms with van der Waals surface area (Å²) >= 11 is 0. The summed E-state index contributed by atoms with van der Waals surface area (Å²) in [6.07, 6.45) is 1.80. The predicted molar refractivity (Wildman–Crippen MR) is 293 cm³/mol. The molecular formula is C60H55F3N3O13P. The van der Waals surface area contributed by atoms with Gasteiger partial charge in [0.15, 0.2) is 5.43 Å². The minimum atomic E-state index is -5.19. The first-order valence-corrected chi connectivity index (χ1v) is 27.7. The number of aromatic hydroxyl groups is 1. The molecule has 0 bridgehead atoms. The number of carbonyl (C=O) groups is 4. The molecule has 3 heterocycles. The molecule has 0 spiro atoms. The van der Waals surface area contributed by atoms with Gasteiger partial charge in [0.25, 0.3) is 5.91 Å². The number of nitrogens with zero attached hydrogens (tertiary/aromatic N) is 2. The zero-order chi connectivity index (χ0) is 57.0. The SMILES string of the molecule is O=C(CCCCCCCCC[P+](c1ccccc1)(c1ccccc1)c1ccccc1)OC[C@H]1O[C@@H](n2ccc(NC(=O)c3ccc(-c4c5ccc(=O)cc-5oc5cc(O)ccc45)c(C(=O)O)c3)nc2=O)C[C@@H]1O.O=C([O-])C(F)(F)F. The number of benzene rings is 6. The summed E-state index contributed by atoms with van der Waals surface area (Å²) in [5.41, 5.74) is -0.0876. The van der Waals surface area contributed by atoms with Crippen LogP contribution in [0, 0.1) is 0 Å². The molecular weight excluding hydrogens is 1060 g/mol. The number of esters is 1. The van der Waals surface area contributed by atoms with Crippen molar-refractivity contribution in [3.05, 3.63) is 190 Å². The minimum absolute atomic E-state index is 0.0343. The van der Waals surface area contributed by atoms with Crippen LogP contribution >= 0.6 is 7.26 Å². The second-order valence-corrected chi connectivity index (χ2v) is 22.6. The quantitative estimate of drug-likeness (QED) is 0.0242. The van der Waals surface area contributed by atoms with Crippen molar-refractivity contribution in [2.75, 3.05) is 18.1 Å². The number of ether oxygens (including phenoxy) is 2. The van der Waals surface area contributed by atoms with Gasteiger partial charge in [0, 0.05) is 53.2 Å². The maximum absolute atomic E-state index is 13.5. The molecule has 6 aromatic rings. The average Bonchev–Trinajstić information content (AvgIpc) is 3.95. The number of unbranched alkanes of at least 4 members (excludes halogenated alkanes) is 6. The van der Waals surface area contributed by atoms with E-state index in [-0.39, 0.29) is 70.4 Å². The van der Waals surface area contributed by atoms with E-state index >= 15 is 0 Å². The smallest absolute Gasteiger partial charge is 0.430 e. The minimum Gasteiger partial charge on any atom is -0.542 e. The molecule has 2 aliphatic heterocycles. The number of fused-ring (bicyclic) bond motifs is 2. The first kappa shape index (κ1) is 57.7. The van der Waals surface area contributed by atoms with Crippen LogP contribution in [0.1, 0.15) is 84.7 Å². The second-order valence-electron chi connectivity index (χ2n) is 19.0. The molecule has 4 N–H and O–H groups in total. The van der Waals surface area contributed by atoms with Crippen LogP contribution in [0.2, 0.25) is 0 Å². The van der Waals surface area contributed by atoms with E-state index in [1.165, 1.54) is 81.3 Å². The Labute approximate surface area is 456 Å². The van der Waals surface area contributed by atoms with E-state index in [1.54, 1.807) is 6.07 Å². The highest BCUT2D eigenvalue weighted by molar-refractivity contribution is 7.95. The topological polar surface area (TPSA) is 248 Å². The second kappa shape index (κ2) is 26.0. The molecule has 3 aliphatic rings. The Balaban J connectivity index is 0.00000113. The molecule has 1 fully saturated rings. The number of rotatable bonds is 20. The number of aliphatic carboxylic acids is 1. The molecule has 16 nitrogen and oxygen atoms in total. The van der Waals surface area contributed by atoms with E-state index in [0.717, 1.165) is 44.7 Å². The number of amides is 1. The van der Waals surface area contributed by atoms with Crippen molar-refractivity contribution in [2.24, 2.45) is 0 Å². The van der Waals surface area contributed by atoms with Crippen LogP contribution in [0.5, 0.6) is 5.75 Å². The Morgan fingerprint density at radius 2 is 1.34 bits per heavy atom. The normalized spacial score (nSPS) is 15.2. The monoisotopic (exact) mass is 1110 g/mol. The summed E-state index contributed by atoms with van der Waals surface area (Å²) < 4.78 is 50.0. The van der Waals surface area contributed by atoms with Crippen molar-refractivity contribution in [3.8, 4) is 28.2 Å². The van der Waals surface area contributed by atoms with Crippen molar-refractivity contribution in [2.45, 2.75) is 82.4 Å². The number of aliphatic hydroxyl groups excluding tert-OH is 1. The number of carboxylic acids is 2. The summed E-state index contributed by atoms with van der Waals surface area (Å²) in [5.74, 6) is -5.50. The van der Waals surface area contributed by atoms with Gasteiger partial charge in [-0.25, -0.2) is 9.59 Å². The summed E-state index contributed by atoms with van der Waals surface area (Å²) in [6.45, 7) is -0.181. The van der Waals surface area contributed by atoms with E-state index in [9.17, 15) is 52.5 Å². The van der Waals surface area contributed by atoms with E-state index in [4.69, 9.17) is 23.8 Å². The molecule has 1 aromatic heterocycles. The van der Waals surface area contributed by atoms with Gasteiger partial charge >= 0.3 is 23.8 Å². The number of carboxylic acid groups (broad SMARTS) is 2. The third kappa shape index (κ3) is 13.8. The van der Waals surface area contributed by atoms with Crippen molar-refractivity contribution >= 4 is 63.8 Å². The number of carbonyl (C=O) groups excluding carboxylic acids is 3. The molecule has 0 unspecified atom stereocenters. The Morgan fingerprint density at radius 1 is 0.750 bits per heavy atom. The number of halogens is 3. The number of hydrogen-bond donors (Lipinski definition) is 4. The number of nitrogens with one attached hydrogen (secondary N) is 1. The van der Waals surface area contributed by atoms with Crippen LogP contribution in [0.4, 0.5) is 19.0 Å². The predicted octanol–water partition coefficient (Wildman–Crippen LogP) is 8.38. The number of anilines is 1. The van der Waals surface area contributed by atoms with Gasteiger partial charge in [-0.3, -0.25) is 19.0 Å². The largest absolute Gasteiger partial charge is 0.542 e. The number of phenols is 1. The fourth-order valence-electron chi connectivity index (χ4n) is 9.79. The molecule has 414 valence electrons. The first-order chi connectivity index (χ1) is 38.4. The molecule has 80 heavy (non-hydrogen) atoms. The molecule has 1 aliphatic carbocycles. The number of aliphatic hydroxyl groups is 1. The third-order valence-electron chi connectivity index (χ3n) is 13.6. The number of aromatic carboxylic acids is 1. The highest BCUT2D eigenvalue weighted by atomic mass is 31.2. The lowest BCUT2D eigenvalue weighted by Gasteiger charge is -2.27. The zero-order valence-electron chi connectivity index (χ0n) is 42.9. The van der Waals surface area contributed by atoms with E-state index in [0.29, 0.717) is 22.9 Å². The van der Waals surface area contributed by atoms with Gasteiger partial charge in [-0.2, -0.15) is 18.2 Å². The lowest BCUT2D eigenvalue weighted by atomic mass is 9.90. The molecule has 3 atom stereocenters. The van der Waals surface area contributed by atoms with Gasteiger partial charge in [0.05, 0.1) is 17.8 Å². The zero-order valence-corrected chi connectivity index (χ0v) is 43.8.